The van der Waals surface area contributed by atoms with Crippen LogP contribution in [-0.4, -0.2) is 17.1 Å². The Morgan fingerprint density at radius 1 is 1.20 bits per heavy atom. The number of benzene rings is 1. The van der Waals surface area contributed by atoms with Crippen molar-refractivity contribution in [3.63, 3.8) is 0 Å². The van der Waals surface area contributed by atoms with Crippen molar-refractivity contribution in [2.45, 2.75) is 5.03 Å². The minimum absolute atomic E-state index is 0.303. The summed E-state index contributed by atoms with van der Waals surface area (Å²) in [5.41, 5.74) is 0.879. The first-order valence-electron chi connectivity index (χ1n) is 5.48. The summed E-state index contributed by atoms with van der Waals surface area (Å²) >= 11 is 19.2. The second-order valence-corrected chi connectivity index (χ2v) is 5.78. The summed E-state index contributed by atoms with van der Waals surface area (Å²) in [5.74, 6) is -0.303. The van der Waals surface area contributed by atoms with Crippen molar-refractivity contribution in [3.05, 3.63) is 51.1 Å². The average molecular weight is 348 g/mol. The standard InChI is InChI=1S/C13H9Cl3N2OS/c1-20-13-7(3-2-4-17-13)12(19)18-11-6-9(15)8(14)5-10(11)16/h2-6H,1H3,(H,18,19). The van der Waals surface area contributed by atoms with Gasteiger partial charge in [0.1, 0.15) is 5.03 Å². The predicted molar refractivity (Wildman–Crippen MR) is 85.4 cm³/mol. The van der Waals surface area contributed by atoms with E-state index in [1.54, 1.807) is 18.3 Å². The number of hydrogen-bond donors (Lipinski definition) is 1. The Hall–Kier alpha value is -0.940. The Morgan fingerprint density at radius 2 is 1.90 bits per heavy atom. The average Bonchev–Trinajstić information content (AvgIpc) is 2.44. The van der Waals surface area contributed by atoms with E-state index in [9.17, 15) is 4.79 Å². The van der Waals surface area contributed by atoms with E-state index in [0.29, 0.717) is 31.3 Å². The van der Waals surface area contributed by atoms with E-state index in [4.69, 9.17) is 34.8 Å². The van der Waals surface area contributed by atoms with Crippen LogP contribution in [0, 0.1) is 0 Å². The van der Waals surface area contributed by atoms with Gasteiger partial charge in [0, 0.05) is 6.20 Å². The van der Waals surface area contributed by atoms with Gasteiger partial charge >= 0.3 is 0 Å². The van der Waals surface area contributed by atoms with E-state index in [1.165, 1.54) is 23.9 Å². The quantitative estimate of drug-likeness (QED) is 0.626. The molecular formula is C13H9Cl3N2OS. The number of amides is 1. The van der Waals surface area contributed by atoms with Gasteiger partial charge in [0.25, 0.3) is 5.91 Å². The summed E-state index contributed by atoms with van der Waals surface area (Å²) in [6.07, 6.45) is 3.49. The van der Waals surface area contributed by atoms with E-state index in [-0.39, 0.29) is 5.91 Å². The zero-order chi connectivity index (χ0) is 14.7. The lowest BCUT2D eigenvalue weighted by Gasteiger charge is -2.10. The third-order valence-electron chi connectivity index (χ3n) is 2.47. The summed E-state index contributed by atoms with van der Waals surface area (Å²) in [5, 5.41) is 4.32. The zero-order valence-electron chi connectivity index (χ0n) is 10.3. The molecule has 0 saturated carbocycles. The smallest absolute Gasteiger partial charge is 0.258 e. The molecule has 0 aliphatic carbocycles. The van der Waals surface area contributed by atoms with Gasteiger partial charge in [-0.15, -0.1) is 11.8 Å². The maximum Gasteiger partial charge on any atom is 0.258 e. The first-order chi connectivity index (χ1) is 9.52. The Morgan fingerprint density at radius 3 is 2.60 bits per heavy atom. The van der Waals surface area contributed by atoms with E-state index in [0.717, 1.165) is 0 Å². The van der Waals surface area contributed by atoms with Crippen molar-refractivity contribution >= 4 is 58.2 Å². The fourth-order valence-electron chi connectivity index (χ4n) is 1.53. The molecule has 2 rings (SSSR count). The number of carbonyl (C=O) groups is 1. The molecule has 20 heavy (non-hydrogen) atoms. The van der Waals surface area contributed by atoms with Crippen LogP contribution in [0.15, 0.2) is 35.5 Å². The van der Waals surface area contributed by atoms with Crippen LogP contribution < -0.4 is 5.32 Å². The molecule has 0 radical (unpaired) electrons. The first-order valence-corrected chi connectivity index (χ1v) is 7.83. The maximum atomic E-state index is 12.2. The van der Waals surface area contributed by atoms with E-state index in [1.807, 2.05) is 6.26 Å². The lowest BCUT2D eigenvalue weighted by molar-refractivity contribution is 0.102. The second kappa shape index (κ2) is 6.68. The van der Waals surface area contributed by atoms with Crippen LogP contribution in [0.3, 0.4) is 0 Å². The predicted octanol–water partition coefficient (Wildman–Crippen LogP) is 5.02. The minimum Gasteiger partial charge on any atom is -0.320 e. The Bertz CT molecular complexity index is 664. The molecule has 1 amide bonds. The molecule has 0 spiro atoms. The molecule has 1 heterocycles. The van der Waals surface area contributed by atoms with Gasteiger partial charge in [-0.2, -0.15) is 0 Å². The zero-order valence-corrected chi connectivity index (χ0v) is 13.4. The number of nitrogens with one attached hydrogen (secondary N) is 1. The van der Waals surface area contributed by atoms with Gasteiger partial charge in [0.15, 0.2) is 0 Å². The minimum atomic E-state index is -0.303. The van der Waals surface area contributed by atoms with Gasteiger partial charge < -0.3 is 5.32 Å². The molecule has 1 aromatic heterocycles. The molecule has 0 fully saturated rings. The normalized spacial score (nSPS) is 10.4. The highest BCUT2D eigenvalue weighted by molar-refractivity contribution is 7.98. The topological polar surface area (TPSA) is 42.0 Å². The molecular weight excluding hydrogens is 339 g/mol. The molecule has 0 aliphatic rings. The van der Waals surface area contributed by atoms with E-state index in [2.05, 4.69) is 10.3 Å². The Balaban J connectivity index is 2.30. The number of rotatable bonds is 3. The van der Waals surface area contributed by atoms with Crippen molar-refractivity contribution in [3.8, 4) is 0 Å². The van der Waals surface area contributed by atoms with Crippen LogP contribution in [0.4, 0.5) is 5.69 Å². The summed E-state index contributed by atoms with van der Waals surface area (Å²) in [7, 11) is 0. The lowest BCUT2D eigenvalue weighted by atomic mass is 10.2. The third-order valence-corrected chi connectivity index (χ3v) is 4.21. The molecule has 0 aliphatic heterocycles. The fraction of sp³-hybridized carbons (Fsp3) is 0.0769. The molecule has 1 N–H and O–H groups in total. The molecule has 3 nitrogen and oxygen atoms in total. The maximum absolute atomic E-state index is 12.2. The number of aromatic nitrogens is 1. The molecule has 0 atom stereocenters. The molecule has 104 valence electrons. The summed E-state index contributed by atoms with van der Waals surface area (Å²) in [6.45, 7) is 0. The van der Waals surface area contributed by atoms with E-state index < -0.39 is 0 Å². The molecule has 0 saturated heterocycles. The van der Waals surface area contributed by atoms with Crippen LogP contribution in [0.1, 0.15) is 10.4 Å². The number of nitrogens with zero attached hydrogens (tertiary/aromatic N) is 1. The number of carbonyl (C=O) groups excluding carboxylic acids is 1. The van der Waals surface area contributed by atoms with Crippen molar-refractivity contribution in [1.29, 1.82) is 0 Å². The molecule has 0 unspecified atom stereocenters. The number of hydrogen-bond acceptors (Lipinski definition) is 3. The highest BCUT2D eigenvalue weighted by atomic mass is 35.5. The molecule has 0 bridgehead atoms. The SMILES string of the molecule is CSc1ncccc1C(=O)Nc1cc(Cl)c(Cl)cc1Cl. The third kappa shape index (κ3) is 3.38. The van der Waals surface area contributed by atoms with Crippen LogP contribution in [-0.2, 0) is 0 Å². The van der Waals surface area contributed by atoms with Crippen LogP contribution in [0.2, 0.25) is 15.1 Å². The van der Waals surface area contributed by atoms with Crippen molar-refractivity contribution in [2.24, 2.45) is 0 Å². The van der Waals surface area contributed by atoms with Crippen molar-refractivity contribution < 1.29 is 4.79 Å². The number of pyridine rings is 1. The molecule has 2 aromatic rings. The summed E-state index contributed by atoms with van der Waals surface area (Å²) in [4.78, 5) is 16.4. The first kappa shape index (κ1) is 15.4. The van der Waals surface area contributed by atoms with Gasteiger partial charge in [-0.3, -0.25) is 4.79 Å². The van der Waals surface area contributed by atoms with E-state index >= 15 is 0 Å². The van der Waals surface area contributed by atoms with Crippen molar-refractivity contribution in [1.82, 2.24) is 4.98 Å². The van der Waals surface area contributed by atoms with Crippen LogP contribution in [0.25, 0.3) is 0 Å². The fourth-order valence-corrected chi connectivity index (χ4v) is 2.68. The monoisotopic (exact) mass is 346 g/mol. The highest BCUT2D eigenvalue weighted by Crippen LogP contribution is 2.32. The number of halogens is 3. The summed E-state index contributed by atoms with van der Waals surface area (Å²) in [6, 6.07) is 6.39. The second-order valence-electron chi connectivity index (χ2n) is 3.76. The lowest BCUT2D eigenvalue weighted by Crippen LogP contribution is -2.13. The summed E-state index contributed by atoms with van der Waals surface area (Å²) < 4.78 is 0. The number of thioether (sulfide) groups is 1. The largest absolute Gasteiger partial charge is 0.320 e. The van der Waals surface area contributed by atoms with Gasteiger partial charge in [-0.1, -0.05) is 34.8 Å². The van der Waals surface area contributed by atoms with Crippen LogP contribution >= 0.6 is 46.6 Å². The van der Waals surface area contributed by atoms with Gasteiger partial charge in [-0.25, -0.2) is 4.98 Å². The number of anilines is 1. The Labute approximate surface area is 135 Å². The molecule has 1 aromatic carbocycles. The van der Waals surface area contributed by atoms with Gasteiger partial charge in [-0.05, 0) is 30.5 Å². The van der Waals surface area contributed by atoms with Gasteiger partial charge in [0.2, 0.25) is 0 Å². The highest BCUT2D eigenvalue weighted by Gasteiger charge is 2.14. The van der Waals surface area contributed by atoms with Gasteiger partial charge in [0.05, 0.1) is 26.3 Å². The molecule has 7 heteroatoms. The Kier molecular flexibility index (Phi) is 5.16. The van der Waals surface area contributed by atoms with Crippen molar-refractivity contribution in [2.75, 3.05) is 11.6 Å². The van der Waals surface area contributed by atoms with Crippen LogP contribution in [0.5, 0.6) is 0 Å².